The minimum absolute atomic E-state index is 0. The molecule has 0 aliphatic rings. The van der Waals surface area contributed by atoms with Crippen molar-refractivity contribution < 1.29 is 41.4 Å². The van der Waals surface area contributed by atoms with Crippen LogP contribution in [0.4, 0.5) is 0 Å². The average molecular weight is 184 g/mol. The van der Waals surface area contributed by atoms with Gasteiger partial charge in [-0.3, -0.25) is 0 Å². The van der Waals surface area contributed by atoms with Gasteiger partial charge in [-0.05, 0) is 0 Å². The second-order valence-corrected chi connectivity index (χ2v) is 0.569. The van der Waals surface area contributed by atoms with Crippen LogP contribution in [0, 0.1) is 0 Å². The normalized spacial score (nSPS) is 3.00. The molecule has 1 radical (unpaired) electrons. The second kappa shape index (κ2) is 9.12. The summed E-state index contributed by atoms with van der Waals surface area (Å²) in [6, 6.07) is 0. The first-order valence-corrected chi connectivity index (χ1v) is 1.63. The first kappa shape index (κ1) is 8.85. The monoisotopic (exact) mass is 186 g/mol. The van der Waals surface area contributed by atoms with E-state index < -0.39 is 0 Å². The summed E-state index contributed by atoms with van der Waals surface area (Å²) in [6.45, 7) is 0. The molecular formula is CHCoMoO. The van der Waals surface area contributed by atoms with Crippen LogP contribution in [0.3, 0.4) is 0 Å². The summed E-state index contributed by atoms with van der Waals surface area (Å²) in [7, 11) is 0. The standard InChI is InChI=1S/CHO.Co.Mo/c1-2;;/h1H;;. The number of hydrogen-bond acceptors (Lipinski definition) is 1. The Balaban J connectivity index is 0. The molecule has 26 valence electrons. The van der Waals surface area contributed by atoms with Crippen LogP contribution >= 0.6 is 0 Å². The third kappa shape index (κ3) is 13.3. The molecule has 0 atom stereocenters. The van der Waals surface area contributed by atoms with Gasteiger partial charge in [-0.2, -0.15) is 0 Å². The van der Waals surface area contributed by atoms with Gasteiger partial charge in [-0.15, -0.1) is 0 Å². The van der Waals surface area contributed by atoms with Crippen molar-refractivity contribution in [2.45, 2.75) is 0 Å². The molecular weight excluding hydrogens is 183 g/mol. The van der Waals surface area contributed by atoms with Crippen molar-refractivity contribution in [3.8, 4) is 0 Å². The van der Waals surface area contributed by atoms with Crippen molar-refractivity contribution >= 4 is 4.68 Å². The zero-order valence-corrected chi connectivity index (χ0v) is 4.78. The molecule has 0 bridgehead atoms. The van der Waals surface area contributed by atoms with Gasteiger partial charge in [0.05, 0.1) is 0 Å². The van der Waals surface area contributed by atoms with Crippen LogP contribution in [0.5, 0.6) is 0 Å². The van der Waals surface area contributed by atoms with Crippen LogP contribution in [-0.2, 0) is 41.4 Å². The predicted octanol–water partition coefficient (Wildman–Crippen LogP) is -0.279. The van der Waals surface area contributed by atoms with E-state index in [9.17, 15) is 0 Å². The van der Waals surface area contributed by atoms with Crippen molar-refractivity contribution in [2.75, 3.05) is 0 Å². The van der Waals surface area contributed by atoms with E-state index in [2.05, 4.69) is 0 Å². The minimum atomic E-state index is 0. The molecule has 0 amide bonds. The maximum Gasteiger partial charge on any atom is 0 e. The Morgan fingerprint density at radius 2 is 1.75 bits per heavy atom. The molecule has 3 heteroatoms. The third-order valence-electron chi connectivity index (χ3n) is 0. The SMILES string of the molecule is O=[CH][Mo].[Co]. The van der Waals surface area contributed by atoms with Gasteiger partial charge in [0.25, 0.3) is 0 Å². The Kier molecular flexibility index (Phi) is 20.2. The molecule has 1 nitrogen and oxygen atoms in total. The molecule has 0 unspecified atom stereocenters. The van der Waals surface area contributed by atoms with E-state index in [1.54, 1.807) is 0 Å². The fourth-order valence-corrected chi connectivity index (χ4v) is 0. The fraction of sp³-hybridized carbons (Fsp3) is 0. The smallest absolute Gasteiger partial charge is 0 e. The van der Waals surface area contributed by atoms with Crippen molar-refractivity contribution in [1.29, 1.82) is 0 Å². The zero-order valence-electron chi connectivity index (χ0n) is 1.73. The van der Waals surface area contributed by atoms with Crippen molar-refractivity contribution in [1.82, 2.24) is 0 Å². The van der Waals surface area contributed by atoms with Crippen molar-refractivity contribution in [3.05, 3.63) is 0 Å². The van der Waals surface area contributed by atoms with Crippen LogP contribution in [0.2, 0.25) is 0 Å². The Morgan fingerprint density at radius 3 is 1.75 bits per heavy atom. The van der Waals surface area contributed by atoms with Gasteiger partial charge in [-0.25, -0.2) is 0 Å². The molecule has 0 saturated carbocycles. The quantitative estimate of drug-likeness (QED) is 0.373. The van der Waals surface area contributed by atoms with E-state index in [-0.39, 0.29) is 16.8 Å². The predicted molar refractivity (Wildman–Crippen MR) is 6.75 cm³/mol. The Hall–Kier alpha value is 0.865. The molecule has 0 aromatic heterocycles. The fourth-order valence-electron chi connectivity index (χ4n) is 0. The molecule has 0 rings (SSSR count). The first-order chi connectivity index (χ1) is 1.41. The summed E-state index contributed by atoms with van der Waals surface area (Å²) in [5.74, 6) is 0. The van der Waals surface area contributed by atoms with Crippen LogP contribution in [0.15, 0.2) is 0 Å². The second-order valence-electron chi connectivity index (χ2n) is 0.0962. The molecule has 0 aromatic rings. The third-order valence-corrected chi connectivity index (χ3v) is 0. The van der Waals surface area contributed by atoms with E-state index in [0.717, 1.165) is 4.68 Å². The molecule has 0 aliphatic heterocycles. The maximum atomic E-state index is 8.81. The van der Waals surface area contributed by atoms with Gasteiger partial charge in [0.2, 0.25) is 0 Å². The number of carbonyl (C=O) groups is 1. The van der Waals surface area contributed by atoms with Gasteiger partial charge < -0.3 is 0 Å². The van der Waals surface area contributed by atoms with Crippen molar-refractivity contribution in [2.24, 2.45) is 0 Å². The summed E-state index contributed by atoms with van der Waals surface area (Å²) in [5, 5.41) is 0. The summed E-state index contributed by atoms with van der Waals surface area (Å²) >= 11 is 1.39. The largest absolute Gasteiger partial charge is 0 e. The molecule has 0 saturated heterocycles. The average Bonchev–Trinajstić information content (AvgIpc) is 0.918. The van der Waals surface area contributed by atoms with Gasteiger partial charge in [0.15, 0.2) is 0 Å². The van der Waals surface area contributed by atoms with E-state index in [1.165, 1.54) is 19.8 Å². The Morgan fingerprint density at radius 1 is 1.75 bits per heavy atom. The van der Waals surface area contributed by atoms with E-state index in [4.69, 9.17) is 4.79 Å². The van der Waals surface area contributed by atoms with Gasteiger partial charge in [0, 0.05) is 16.8 Å². The summed E-state index contributed by atoms with van der Waals surface area (Å²) in [4.78, 5) is 8.81. The molecule has 0 spiro atoms. The van der Waals surface area contributed by atoms with E-state index >= 15 is 0 Å². The molecule has 0 fully saturated rings. The van der Waals surface area contributed by atoms with Crippen LogP contribution in [-0.4, -0.2) is 4.68 Å². The number of rotatable bonds is 0. The first-order valence-electron chi connectivity index (χ1n) is 0.471. The number of hydrogen-bond donors (Lipinski definition) is 0. The van der Waals surface area contributed by atoms with Crippen LogP contribution in [0.25, 0.3) is 0 Å². The van der Waals surface area contributed by atoms with Crippen LogP contribution < -0.4 is 0 Å². The summed E-state index contributed by atoms with van der Waals surface area (Å²) in [6.07, 6.45) is 0. The molecule has 0 heterocycles. The molecule has 4 heavy (non-hydrogen) atoms. The van der Waals surface area contributed by atoms with Gasteiger partial charge >= 0.3 is 29.3 Å². The van der Waals surface area contributed by atoms with Crippen LogP contribution in [0.1, 0.15) is 0 Å². The Labute approximate surface area is 46.2 Å². The Bertz CT molecular complexity index is 15.5. The molecule has 0 aliphatic carbocycles. The summed E-state index contributed by atoms with van der Waals surface area (Å²) in [5.41, 5.74) is 0. The van der Waals surface area contributed by atoms with E-state index in [0.29, 0.717) is 0 Å². The summed E-state index contributed by atoms with van der Waals surface area (Å²) < 4.78 is 0.760. The van der Waals surface area contributed by atoms with E-state index in [1.807, 2.05) is 0 Å². The molecule has 0 aromatic carbocycles. The zero-order chi connectivity index (χ0) is 2.71. The molecule has 0 N–H and O–H groups in total. The minimum Gasteiger partial charge on any atom is 0 e. The maximum absolute atomic E-state index is 8.81. The van der Waals surface area contributed by atoms with Crippen molar-refractivity contribution in [3.63, 3.8) is 0 Å². The topological polar surface area (TPSA) is 17.1 Å². The van der Waals surface area contributed by atoms with Gasteiger partial charge in [0.1, 0.15) is 0 Å². The van der Waals surface area contributed by atoms with Gasteiger partial charge in [-0.1, -0.05) is 0 Å². The number of carbonyl (C=O) groups excluding carboxylic acids is 1.